The Bertz CT molecular complexity index is 1160. The third-order valence-corrected chi connectivity index (χ3v) is 7.39. The SMILES string of the molecule is CCOc1ccc(-n2c(SCC(=O)O[C@@H]3CCS(=O)(=O)C3)nc3ccccc32)cc1. The van der Waals surface area contributed by atoms with Crippen molar-refractivity contribution in [1.29, 1.82) is 0 Å². The van der Waals surface area contributed by atoms with Crippen LogP contribution in [0.15, 0.2) is 53.7 Å². The fourth-order valence-electron chi connectivity index (χ4n) is 3.41. The van der Waals surface area contributed by atoms with E-state index in [-0.39, 0.29) is 17.3 Å². The molecule has 0 radical (unpaired) electrons. The maximum absolute atomic E-state index is 12.3. The number of carbonyl (C=O) groups excluding carboxylic acids is 1. The van der Waals surface area contributed by atoms with Crippen molar-refractivity contribution in [2.24, 2.45) is 0 Å². The quantitative estimate of drug-likeness (QED) is 0.407. The van der Waals surface area contributed by atoms with Crippen LogP contribution in [-0.2, 0) is 19.4 Å². The minimum atomic E-state index is -3.09. The second kappa shape index (κ2) is 8.69. The number of fused-ring (bicyclic) bond motifs is 1. The average molecular weight is 447 g/mol. The molecule has 0 amide bonds. The van der Waals surface area contributed by atoms with Crippen LogP contribution < -0.4 is 4.74 Å². The highest BCUT2D eigenvalue weighted by Crippen LogP contribution is 2.29. The number of aromatic nitrogens is 2. The Balaban J connectivity index is 1.53. The smallest absolute Gasteiger partial charge is 0.316 e. The van der Waals surface area contributed by atoms with Crippen molar-refractivity contribution >= 4 is 38.6 Å². The number of esters is 1. The first-order valence-electron chi connectivity index (χ1n) is 9.68. The zero-order chi connectivity index (χ0) is 21.1. The molecule has 1 aliphatic rings. The summed E-state index contributed by atoms with van der Waals surface area (Å²) < 4.78 is 35.9. The van der Waals surface area contributed by atoms with Gasteiger partial charge in [-0.25, -0.2) is 13.4 Å². The number of carbonyl (C=O) groups is 1. The normalized spacial score (nSPS) is 17.8. The standard InChI is InChI=1S/C21H22N2O5S2/c1-2-27-16-9-7-15(8-10-16)23-19-6-4-3-5-18(19)22-21(23)29-13-20(24)28-17-11-12-30(25,26)14-17/h3-10,17H,2,11-14H2,1H3/t17-/m1/s1. The lowest BCUT2D eigenvalue weighted by Crippen LogP contribution is -2.20. The van der Waals surface area contributed by atoms with Gasteiger partial charge in [0.2, 0.25) is 0 Å². The number of thioether (sulfide) groups is 1. The van der Waals surface area contributed by atoms with Gasteiger partial charge in [0.25, 0.3) is 0 Å². The number of benzene rings is 2. The Kier molecular flexibility index (Phi) is 6.01. The third-order valence-electron chi connectivity index (χ3n) is 4.74. The Labute approximate surface area is 179 Å². The van der Waals surface area contributed by atoms with Crippen LogP contribution in [0.2, 0.25) is 0 Å². The van der Waals surface area contributed by atoms with Crippen LogP contribution in [0.3, 0.4) is 0 Å². The molecule has 4 rings (SSSR count). The summed E-state index contributed by atoms with van der Waals surface area (Å²) in [5, 5.41) is 0.663. The van der Waals surface area contributed by atoms with Crippen LogP contribution in [0.25, 0.3) is 16.7 Å². The van der Waals surface area contributed by atoms with E-state index in [1.165, 1.54) is 11.8 Å². The summed E-state index contributed by atoms with van der Waals surface area (Å²) in [7, 11) is -3.09. The highest BCUT2D eigenvalue weighted by Gasteiger charge is 2.30. The van der Waals surface area contributed by atoms with E-state index in [0.717, 1.165) is 22.5 Å². The van der Waals surface area contributed by atoms with Crippen molar-refractivity contribution in [2.75, 3.05) is 23.9 Å². The fraction of sp³-hybridized carbons (Fsp3) is 0.333. The first kappa shape index (κ1) is 20.7. The van der Waals surface area contributed by atoms with Crippen molar-refractivity contribution < 1.29 is 22.7 Å². The first-order chi connectivity index (χ1) is 14.4. The highest BCUT2D eigenvalue weighted by atomic mass is 32.2. The summed E-state index contributed by atoms with van der Waals surface area (Å²) >= 11 is 1.27. The molecule has 0 saturated carbocycles. The molecule has 0 aliphatic carbocycles. The number of rotatable bonds is 7. The molecule has 0 spiro atoms. The fourth-order valence-corrected chi connectivity index (χ4v) is 5.81. The van der Waals surface area contributed by atoms with Gasteiger partial charge in [0.1, 0.15) is 11.9 Å². The molecule has 2 heterocycles. The van der Waals surface area contributed by atoms with Crippen molar-refractivity contribution in [3.8, 4) is 11.4 Å². The number of sulfone groups is 1. The Morgan fingerprint density at radius 3 is 2.67 bits per heavy atom. The van der Waals surface area contributed by atoms with Gasteiger partial charge in [-0.2, -0.15) is 0 Å². The molecule has 0 N–H and O–H groups in total. The largest absolute Gasteiger partial charge is 0.494 e. The molecule has 2 aromatic carbocycles. The van der Waals surface area contributed by atoms with Crippen LogP contribution in [0, 0.1) is 0 Å². The van der Waals surface area contributed by atoms with Gasteiger partial charge in [-0.1, -0.05) is 23.9 Å². The molecule has 1 saturated heterocycles. The zero-order valence-corrected chi connectivity index (χ0v) is 18.1. The van der Waals surface area contributed by atoms with Crippen LogP contribution in [-0.4, -0.2) is 53.9 Å². The van der Waals surface area contributed by atoms with Gasteiger partial charge < -0.3 is 9.47 Å². The lowest BCUT2D eigenvalue weighted by Gasteiger charge is -2.12. The van der Waals surface area contributed by atoms with E-state index in [4.69, 9.17) is 9.47 Å². The molecule has 1 atom stereocenters. The Hall–Kier alpha value is -2.52. The number of hydrogen-bond donors (Lipinski definition) is 0. The van der Waals surface area contributed by atoms with Gasteiger partial charge in [-0.05, 0) is 49.7 Å². The first-order valence-corrected chi connectivity index (χ1v) is 12.5. The molecule has 158 valence electrons. The minimum absolute atomic E-state index is 0.0525. The molecule has 1 fully saturated rings. The van der Waals surface area contributed by atoms with E-state index in [1.807, 2.05) is 60.0 Å². The molecule has 30 heavy (non-hydrogen) atoms. The summed E-state index contributed by atoms with van der Waals surface area (Å²) in [6, 6.07) is 15.5. The van der Waals surface area contributed by atoms with E-state index in [0.29, 0.717) is 18.2 Å². The molecule has 1 aromatic heterocycles. The van der Waals surface area contributed by atoms with E-state index in [2.05, 4.69) is 4.98 Å². The minimum Gasteiger partial charge on any atom is -0.494 e. The third kappa shape index (κ3) is 4.62. The number of ether oxygens (including phenoxy) is 2. The monoisotopic (exact) mass is 446 g/mol. The van der Waals surface area contributed by atoms with Gasteiger partial charge in [0, 0.05) is 5.69 Å². The van der Waals surface area contributed by atoms with Gasteiger partial charge in [0.05, 0.1) is 34.9 Å². The molecular formula is C21H22N2O5S2. The molecular weight excluding hydrogens is 424 g/mol. The maximum Gasteiger partial charge on any atom is 0.316 e. The van der Waals surface area contributed by atoms with Gasteiger partial charge in [0.15, 0.2) is 15.0 Å². The van der Waals surface area contributed by atoms with E-state index >= 15 is 0 Å². The summed E-state index contributed by atoms with van der Waals surface area (Å²) in [4.78, 5) is 16.9. The number of imidazole rings is 1. The second-order valence-corrected chi connectivity index (χ2v) is 10.1. The summed E-state index contributed by atoms with van der Waals surface area (Å²) in [5.74, 6) is 0.388. The highest BCUT2D eigenvalue weighted by molar-refractivity contribution is 7.99. The van der Waals surface area contributed by atoms with Crippen LogP contribution in [0.5, 0.6) is 5.75 Å². The molecule has 9 heteroatoms. The van der Waals surface area contributed by atoms with Gasteiger partial charge in [-0.3, -0.25) is 9.36 Å². The topological polar surface area (TPSA) is 87.5 Å². The molecule has 0 unspecified atom stereocenters. The Morgan fingerprint density at radius 1 is 1.20 bits per heavy atom. The molecule has 3 aromatic rings. The van der Waals surface area contributed by atoms with Crippen LogP contribution in [0.4, 0.5) is 0 Å². The van der Waals surface area contributed by atoms with Gasteiger partial charge >= 0.3 is 5.97 Å². The van der Waals surface area contributed by atoms with Gasteiger partial charge in [-0.15, -0.1) is 0 Å². The van der Waals surface area contributed by atoms with Crippen molar-refractivity contribution in [1.82, 2.24) is 9.55 Å². The van der Waals surface area contributed by atoms with Crippen LogP contribution >= 0.6 is 11.8 Å². The summed E-state index contributed by atoms with van der Waals surface area (Å²) in [6.45, 7) is 2.53. The summed E-state index contributed by atoms with van der Waals surface area (Å²) in [6.07, 6.45) is -0.184. The number of hydrogen-bond acceptors (Lipinski definition) is 7. The van der Waals surface area contributed by atoms with E-state index in [1.54, 1.807) is 0 Å². The zero-order valence-electron chi connectivity index (χ0n) is 16.5. The predicted octanol–water partition coefficient (Wildman–Crippen LogP) is 3.25. The van der Waals surface area contributed by atoms with E-state index < -0.39 is 21.9 Å². The van der Waals surface area contributed by atoms with Crippen molar-refractivity contribution in [2.45, 2.75) is 24.6 Å². The lowest BCUT2D eigenvalue weighted by atomic mass is 10.2. The van der Waals surface area contributed by atoms with Crippen LogP contribution in [0.1, 0.15) is 13.3 Å². The molecule has 0 bridgehead atoms. The number of nitrogens with zero attached hydrogens (tertiary/aromatic N) is 2. The Morgan fingerprint density at radius 2 is 1.97 bits per heavy atom. The lowest BCUT2D eigenvalue weighted by molar-refractivity contribution is -0.144. The molecule has 1 aliphatic heterocycles. The van der Waals surface area contributed by atoms with Crippen molar-refractivity contribution in [3.63, 3.8) is 0 Å². The maximum atomic E-state index is 12.3. The summed E-state index contributed by atoms with van der Waals surface area (Å²) in [5.41, 5.74) is 2.66. The number of para-hydroxylation sites is 2. The second-order valence-electron chi connectivity index (χ2n) is 6.95. The average Bonchev–Trinajstić information content (AvgIpc) is 3.26. The van der Waals surface area contributed by atoms with E-state index in [9.17, 15) is 13.2 Å². The van der Waals surface area contributed by atoms with Crippen molar-refractivity contribution in [3.05, 3.63) is 48.5 Å². The predicted molar refractivity (Wildman–Crippen MR) is 116 cm³/mol. The molecule has 7 nitrogen and oxygen atoms in total.